The zero-order chi connectivity index (χ0) is 14.5. The summed E-state index contributed by atoms with van der Waals surface area (Å²) in [5.74, 6) is 1.58. The standard InChI is InChI=1S/C16H26N2O2/c1-12(2)20-16-10-14(6-7-15(16)17)18(3)8-9-19-11-13-4-5-13/h6-7,10,12-13H,4-5,8-9,11,17H2,1-3H3. The fourth-order valence-corrected chi connectivity index (χ4v) is 1.98. The summed E-state index contributed by atoms with van der Waals surface area (Å²) in [7, 11) is 2.06. The lowest BCUT2D eigenvalue weighted by molar-refractivity contribution is 0.131. The van der Waals surface area contributed by atoms with Gasteiger partial charge in [-0.1, -0.05) is 0 Å². The van der Waals surface area contributed by atoms with Gasteiger partial charge < -0.3 is 20.1 Å². The molecule has 20 heavy (non-hydrogen) atoms. The summed E-state index contributed by atoms with van der Waals surface area (Å²) in [4.78, 5) is 2.17. The smallest absolute Gasteiger partial charge is 0.144 e. The molecule has 0 unspecified atom stereocenters. The summed E-state index contributed by atoms with van der Waals surface area (Å²) < 4.78 is 11.4. The summed E-state index contributed by atoms with van der Waals surface area (Å²) in [5.41, 5.74) is 7.71. The molecule has 0 aliphatic heterocycles. The molecular weight excluding hydrogens is 252 g/mol. The minimum atomic E-state index is 0.125. The maximum atomic E-state index is 5.93. The number of ether oxygens (including phenoxy) is 2. The second kappa shape index (κ2) is 6.84. The molecule has 0 saturated heterocycles. The van der Waals surface area contributed by atoms with Gasteiger partial charge in [-0.25, -0.2) is 0 Å². The Bertz CT molecular complexity index is 430. The highest BCUT2D eigenvalue weighted by molar-refractivity contribution is 5.62. The third kappa shape index (κ3) is 4.60. The predicted molar refractivity (Wildman–Crippen MR) is 83.4 cm³/mol. The van der Waals surface area contributed by atoms with Crippen molar-refractivity contribution in [3.63, 3.8) is 0 Å². The lowest BCUT2D eigenvalue weighted by Gasteiger charge is -2.21. The van der Waals surface area contributed by atoms with Crippen LogP contribution in [-0.2, 0) is 4.74 Å². The molecule has 0 heterocycles. The highest BCUT2D eigenvalue weighted by Gasteiger charge is 2.21. The molecule has 1 saturated carbocycles. The van der Waals surface area contributed by atoms with Crippen LogP contribution in [0.2, 0.25) is 0 Å². The van der Waals surface area contributed by atoms with Crippen molar-refractivity contribution >= 4 is 11.4 Å². The van der Waals surface area contributed by atoms with Crippen LogP contribution in [0.5, 0.6) is 5.75 Å². The van der Waals surface area contributed by atoms with E-state index in [1.807, 2.05) is 32.0 Å². The first-order valence-electron chi connectivity index (χ1n) is 7.41. The Labute approximate surface area is 121 Å². The molecular formula is C16H26N2O2. The lowest BCUT2D eigenvalue weighted by Crippen LogP contribution is -2.23. The van der Waals surface area contributed by atoms with E-state index in [1.54, 1.807) is 0 Å². The van der Waals surface area contributed by atoms with Crippen molar-refractivity contribution in [2.75, 3.05) is 37.4 Å². The molecule has 0 radical (unpaired) electrons. The van der Waals surface area contributed by atoms with E-state index in [9.17, 15) is 0 Å². The van der Waals surface area contributed by atoms with Crippen LogP contribution in [0.4, 0.5) is 11.4 Å². The Hall–Kier alpha value is -1.42. The van der Waals surface area contributed by atoms with E-state index in [4.69, 9.17) is 15.2 Å². The minimum Gasteiger partial charge on any atom is -0.489 e. The molecule has 4 heteroatoms. The van der Waals surface area contributed by atoms with Gasteiger partial charge in [-0.15, -0.1) is 0 Å². The van der Waals surface area contributed by atoms with Crippen molar-refractivity contribution in [3.05, 3.63) is 18.2 Å². The Balaban J connectivity index is 1.85. The average molecular weight is 278 g/mol. The van der Waals surface area contributed by atoms with E-state index in [2.05, 4.69) is 11.9 Å². The zero-order valence-electron chi connectivity index (χ0n) is 12.8. The van der Waals surface area contributed by atoms with E-state index in [0.29, 0.717) is 5.69 Å². The molecule has 2 rings (SSSR count). The van der Waals surface area contributed by atoms with Crippen molar-refractivity contribution < 1.29 is 9.47 Å². The van der Waals surface area contributed by atoms with E-state index < -0.39 is 0 Å². The molecule has 1 aliphatic carbocycles. The molecule has 0 aromatic heterocycles. The fourth-order valence-electron chi connectivity index (χ4n) is 1.98. The Morgan fingerprint density at radius 3 is 2.75 bits per heavy atom. The summed E-state index contributed by atoms with van der Waals surface area (Å²) in [6.07, 6.45) is 2.80. The van der Waals surface area contributed by atoms with Crippen LogP contribution in [-0.4, -0.2) is 32.9 Å². The van der Waals surface area contributed by atoms with Crippen LogP contribution >= 0.6 is 0 Å². The number of nitrogens with two attached hydrogens (primary N) is 1. The summed E-state index contributed by atoms with van der Waals surface area (Å²) in [6.45, 7) is 6.55. The minimum absolute atomic E-state index is 0.125. The fraction of sp³-hybridized carbons (Fsp3) is 0.625. The summed E-state index contributed by atoms with van der Waals surface area (Å²) in [5, 5.41) is 0. The Morgan fingerprint density at radius 1 is 1.35 bits per heavy atom. The maximum absolute atomic E-state index is 5.93. The van der Waals surface area contributed by atoms with Crippen molar-refractivity contribution in [3.8, 4) is 5.75 Å². The number of nitrogen functional groups attached to an aromatic ring is 1. The molecule has 0 bridgehead atoms. The highest BCUT2D eigenvalue weighted by Crippen LogP contribution is 2.29. The van der Waals surface area contributed by atoms with Gasteiger partial charge in [-0.05, 0) is 44.7 Å². The number of hydrogen-bond donors (Lipinski definition) is 1. The van der Waals surface area contributed by atoms with Gasteiger partial charge in [0.05, 0.1) is 18.4 Å². The van der Waals surface area contributed by atoms with Gasteiger partial charge >= 0.3 is 0 Å². The molecule has 0 amide bonds. The molecule has 2 N–H and O–H groups in total. The number of nitrogens with zero attached hydrogens (tertiary/aromatic N) is 1. The van der Waals surface area contributed by atoms with E-state index in [-0.39, 0.29) is 6.10 Å². The first kappa shape index (κ1) is 15.0. The third-order valence-corrected chi connectivity index (χ3v) is 3.42. The van der Waals surface area contributed by atoms with E-state index in [0.717, 1.165) is 37.1 Å². The first-order chi connectivity index (χ1) is 9.56. The summed E-state index contributed by atoms with van der Waals surface area (Å²) in [6, 6.07) is 5.91. The van der Waals surface area contributed by atoms with Crippen LogP contribution in [0, 0.1) is 5.92 Å². The van der Waals surface area contributed by atoms with Crippen LogP contribution in [0.15, 0.2) is 18.2 Å². The molecule has 1 fully saturated rings. The Morgan fingerprint density at radius 2 is 2.10 bits per heavy atom. The molecule has 0 atom stereocenters. The van der Waals surface area contributed by atoms with Gasteiger partial charge in [0, 0.05) is 32.0 Å². The van der Waals surface area contributed by atoms with Gasteiger partial charge in [0.15, 0.2) is 0 Å². The number of hydrogen-bond acceptors (Lipinski definition) is 4. The zero-order valence-corrected chi connectivity index (χ0v) is 12.8. The van der Waals surface area contributed by atoms with E-state index >= 15 is 0 Å². The number of rotatable bonds is 8. The van der Waals surface area contributed by atoms with Crippen molar-refractivity contribution in [1.29, 1.82) is 0 Å². The monoisotopic (exact) mass is 278 g/mol. The van der Waals surface area contributed by atoms with Gasteiger partial charge in [0.1, 0.15) is 5.75 Å². The largest absolute Gasteiger partial charge is 0.489 e. The number of likely N-dealkylation sites (N-methyl/N-ethyl adjacent to an activating group) is 1. The quantitative estimate of drug-likeness (QED) is 0.587. The number of benzene rings is 1. The van der Waals surface area contributed by atoms with Crippen molar-refractivity contribution in [2.24, 2.45) is 5.92 Å². The molecule has 1 aromatic carbocycles. The predicted octanol–water partition coefficient (Wildman–Crippen LogP) is 2.92. The molecule has 1 aromatic rings. The number of anilines is 2. The normalized spacial score (nSPS) is 14.6. The average Bonchev–Trinajstić information content (AvgIpc) is 3.20. The topological polar surface area (TPSA) is 47.7 Å². The van der Waals surface area contributed by atoms with Gasteiger partial charge in [-0.2, -0.15) is 0 Å². The second-order valence-electron chi connectivity index (χ2n) is 5.83. The van der Waals surface area contributed by atoms with Crippen LogP contribution in [0.1, 0.15) is 26.7 Å². The SMILES string of the molecule is CC(C)Oc1cc(N(C)CCOCC2CC2)ccc1N. The van der Waals surface area contributed by atoms with Crippen LogP contribution in [0.25, 0.3) is 0 Å². The van der Waals surface area contributed by atoms with Gasteiger partial charge in [0.2, 0.25) is 0 Å². The Kier molecular flexibility index (Phi) is 5.12. The maximum Gasteiger partial charge on any atom is 0.144 e. The first-order valence-corrected chi connectivity index (χ1v) is 7.41. The second-order valence-corrected chi connectivity index (χ2v) is 5.83. The molecule has 4 nitrogen and oxygen atoms in total. The molecule has 1 aliphatic rings. The third-order valence-electron chi connectivity index (χ3n) is 3.42. The lowest BCUT2D eigenvalue weighted by atomic mass is 10.2. The molecule has 112 valence electrons. The van der Waals surface area contributed by atoms with Gasteiger partial charge in [-0.3, -0.25) is 0 Å². The highest BCUT2D eigenvalue weighted by atomic mass is 16.5. The van der Waals surface area contributed by atoms with Crippen LogP contribution in [0.3, 0.4) is 0 Å². The van der Waals surface area contributed by atoms with Gasteiger partial charge in [0.25, 0.3) is 0 Å². The van der Waals surface area contributed by atoms with Crippen LogP contribution < -0.4 is 15.4 Å². The van der Waals surface area contributed by atoms with E-state index in [1.165, 1.54) is 12.8 Å². The summed E-state index contributed by atoms with van der Waals surface area (Å²) >= 11 is 0. The van der Waals surface area contributed by atoms with Crippen molar-refractivity contribution in [1.82, 2.24) is 0 Å². The van der Waals surface area contributed by atoms with Crippen molar-refractivity contribution in [2.45, 2.75) is 32.8 Å². The molecule has 0 spiro atoms.